The zero-order valence-electron chi connectivity index (χ0n) is 15.4. The molecule has 0 aliphatic rings. The zero-order valence-corrected chi connectivity index (χ0v) is 16.2. The molecule has 0 spiro atoms. The summed E-state index contributed by atoms with van der Waals surface area (Å²) in [4.78, 5) is 12.0. The minimum atomic E-state index is -3.61. The number of carbonyl (C=O) groups is 1. The number of carbonyl (C=O) groups excluding carboxylic acids is 1. The number of aliphatic hydroxyl groups excluding tert-OH is 2. The van der Waals surface area contributed by atoms with Crippen LogP contribution in [0.25, 0.3) is 12.2 Å². The van der Waals surface area contributed by atoms with Crippen LogP contribution in [0.2, 0.25) is 0 Å². The van der Waals surface area contributed by atoms with E-state index in [9.17, 15) is 23.4 Å². The molecule has 0 heterocycles. The first-order valence-electron chi connectivity index (χ1n) is 8.62. The Bertz CT molecular complexity index is 990. The highest BCUT2D eigenvalue weighted by molar-refractivity contribution is 7.87. The Balaban J connectivity index is 2.07. The van der Waals surface area contributed by atoms with Crippen molar-refractivity contribution in [2.24, 2.45) is 0 Å². The molecule has 0 saturated carbocycles. The quantitative estimate of drug-likeness (QED) is 0.494. The average molecular weight is 402 g/mol. The van der Waals surface area contributed by atoms with Gasteiger partial charge in [0.1, 0.15) is 5.75 Å². The summed E-state index contributed by atoms with van der Waals surface area (Å²) in [6.07, 6.45) is 5.92. The van der Waals surface area contributed by atoms with E-state index in [1.165, 1.54) is 31.2 Å². The molecule has 2 aromatic carbocycles. The molecule has 6 nitrogen and oxygen atoms in total. The van der Waals surface area contributed by atoms with Gasteiger partial charge in [-0.25, -0.2) is 0 Å². The van der Waals surface area contributed by atoms with Gasteiger partial charge in [-0.1, -0.05) is 36.4 Å². The fourth-order valence-electron chi connectivity index (χ4n) is 2.34. The van der Waals surface area contributed by atoms with Gasteiger partial charge in [-0.05, 0) is 59.5 Å². The Labute approximate surface area is 164 Å². The predicted molar refractivity (Wildman–Crippen MR) is 108 cm³/mol. The number of hydrogen-bond donors (Lipinski definition) is 2. The monoisotopic (exact) mass is 402 g/mol. The van der Waals surface area contributed by atoms with Crippen molar-refractivity contribution in [3.8, 4) is 5.75 Å². The Kier molecular flexibility index (Phi) is 7.69. The van der Waals surface area contributed by atoms with Crippen LogP contribution in [0.15, 0.2) is 54.6 Å². The Morgan fingerprint density at radius 1 is 0.964 bits per heavy atom. The molecule has 0 radical (unpaired) electrons. The summed E-state index contributed by atoms with van der Waals surface area (Å²) in [7, 11) is -3.61. The Hall–Kier alpha value is -2.74. The van der Waals surface area contributed by atoms with Crippen molar-refractivity contribution in [1.82, 2.24) is 0 Å². The van der Waals surface area contributed by atoms with E-state index >= 15 is 0 Å². The van der Waals surface area contributed by atoms with Gasteiger partial charge in [0, 0.05) is 0 Å². The molecule has 0 bridgehead atoms. The third kappa shape index (κ3) is 6.45. The van der Waals surface area contributed by atoms with E-state index in [0.29, 0.717) is 16.7 Å². The summed E-state index contributed by atoms with van der Waals surface area (Å²) in [6.45, 7) is 1.13. The van der Waals surface area contributed by atoms with Crippen LogP contribution in [0.5, 0.6) is 5.75 Å². The molecule has 0 saturated heterocycles. The number of ketones is 1. The molecule has 28 heavy (non-hydrogen) atoms. The number of rotatable bonds is 9. The predicted octanol–water partition coefficient (Wildman–Crippen LogP) is 2.70. The van der Waals surface area contributed by atoms with Gasteiger partial charge in [0.15, 0.2) is 5.78 Å². The molecule has 148 valence electrons. The van der Waals surface area contributed by atoms with Crippen LogP contribution < -0.4 is 4.18 Å². The lowest BCUT2D eigenvalue weighted by atomic mass is 10.0. The van der Waals surface area contributed by atoms with E-state index in [-0.39, 0.29) is 30.5 Å². The molecule has 7 heteroatoms. The smallest absolute Gasteiger partial charge is 0.308 e. The SMILES string of the molecule is CCS(=O)(=O)Oc1cccc(/C=C/C(=O)/C=C/c2ccc(CO)c(CO)c2)c1. The maximum atomic E-state index is 12.0. The number of hydrogen-bond acceptors (Lipinski definition) is 6. The summed E-state index contributed by atoms with van der Waals surface area (Å²) < 4.78 is 28.0. The minimum Gasteiger partial charge on any atom is -0.392 e. The Morgan fingerprint density at radius 3 is 2.21 bits per heavy atom. The molecule has 0 fully saturated rings. The molecule has 0 amide bonds. The van der Waals surface area contributed by atoms with Crippen LogP contribution in [0.4, 0.5) is 0 Å². The second kappa shape index (κ2) is 9.98. The normalized spacial score (nSPS) is 12.0. The van der Waals surface area contributed by atoms with Gasteiger partial charge < -0.3 is 14.4 Å². The van der Waals surface area contributed by atoms with Crippen molar-refractivity contribution in [2.75, 3.05) is 5.75 Å². The lowest BCUT2D eigenvalue weighted by Gasteiger charge is -2.05. The number of allylic oxidation sites excluding steroid dienone is 2. The van der Waals surface area contributed by atoms with Crippen LogP contribution in [0, 0.1) is 0 Å². The number of aliphatic hydroxyl groups is 2. The van der Waals surface area contributed by atoms with Crippen molar-refractivity contribution >= 4 is 28.1 Å². The molecule has 0 atom stereocenters. The molecular formula is C21H22O6S. The van der Waals surface area contributed by atoms with E-state index in [0.717, 1.165) is 5.56 Å². The summed E-state index contributed by atoms with van der Waals surface area (Å²) in [6, 6.07) is 11.6. The molecule has 2 aromatic rings. The first-order valence-corrected chi connectivity index (χ1v) is 10.2. The zero-order chi connectivity index (χ0) is 20.6. The molecule has 2 N–H and O–H groups in total. The molecule has 0 unspecified atom stereocenters. The summed E-state index contributed by atoms with van der Waals surface area (Å²) >= 11 is 0. The van der Waals surface area contributed by atoms with Gasteiger partial charge in [-0.2, -0.15) is 8.42 Å². The van der Waals surface area contributed by atoms with Crippen molar-refractivity contribution < 1.29 is 27.6 Å². The fraction of sp³-hybridized carbons (Fsp3) is 0.190. The third-order valence-corrected chi connectivity index (χ3v) is 5.04. The largest absolute Gasteiger partial charge is 0.392 e. The molecular weight excluding hydrogens is 380 g/mol. The van der Waals surface area contributed by atoms with Crippen LogP contribution >= 0.6 is 0 Å². The van der Waals surface area contributed by atoms with Crippen molar-refractivity contribution in [2.45, 2.75) is 20.1 Å². The Morgan fingerprint density at radius 2 is 1.61 bits per heavy atom. The molecule has 0 aromatic heterocycles. The average Bonchev–Trinajstić information content (AvgIpc) is 2.70. The van der Waals surface area contributed by atoms with E-state index in [1.807, 2.05) is 0 Å². The van der Waals surface area contributed by atoms with Gasteiger partial charge in [0.05, 0.1) is 19.0 Å². The topological polar surface area (TPSA) is 101 Å². The summed E-state index contributed by atoms with van der Waals surface area (Å²) in [5, 5.41) is 18.5. The van der Waals surface area contributed by atoms with Gasteiger partial charge >= 0.3 is 10.1 Å². The molecule has 0 aliphatic carbocycles. The molecule has 0 aliphatic heterocycles. The minimum absolute atomic E-state index is 0.131. The highest BCUT2D eigenvalue weighted by Crippen LogP contribution is 2.17. The van der Waals surface area contributed by atoms with Crippen molar-refractivity contribution in [3.63, 3.8) is 0 Å². The fourth-order valence-corrected chi connectivity index (χ4v) is 2.85. The lowest BCUT2D eigenvalue weighted by Crippen LogP contribution is -2.11. The van der Waals surface area contributed by atoms with Crippen LogP contribution in [-0.2, 0) is 28.1 Å². The highest BCUT2D eigenvalue weighted by Gasteiger charge is 2.09. The van der Waals surface area contributed by atoms with Crippen molar-refractivity contribution in [3.05, 3.63) is 76.9 Å². The lowest BCUT2D eigenvalue weighted by molar-refractivity contribution is -0.110. The second-order valence-electron chi connectivity index (χ2n) is 5.92. The van der Waals surface area contributed by atoms with E-state index in [2.05, 4.69) is 0 Å². The molecule has 2 rings (SSSR count). The van der Waals surface area contributed by atoms with Gasteiger partial charge in [0.2, 0.25) is 0 Å². The first kappa shape index (κ1) is 21.6. The number of benzene rings is 2. The van der Waals surface area contributed by atoms with E-state index in [4.69, 9.17) is 4.18 Å². The summed E-state index contributed by atoms with van der Waals surface area (Å²) in [5.74, 6) is -0.204. The highest BCUT2D eigenvalue weighted by atomic mass is 32.2. The van der Waals surface area contributed by atoms with Crippen LogP contribution in [-0.4, -0.2) is 30.2 Å². The third-order valence-electron chi connectivity index (χ3n) is 3.89. The van der Waals surface area contributed by atoms with Crippen molar-refractivity contribution in [1.29, 1.82) is 0 Å². The van der Waals surface area contributed by atoms with Gasteiger partial charge in [-0.3, -0.25) is 4.79 Å². The van der Waals surface area contributed by atoms with E-state index in [1.54, 1.807) is 42.5 Å². The maximum Gasteiger partial charge on any atom is 0.308 e. The summed E-state index contributed by atoms with van der Waals surface area (Å²) in [5.41, 5.74) is 2.59. The standard InChI is InChI=1S/C21H22O6S/c1-2-28(25,26)27-21-5-3-4-16(13-21)7-10-20(24)11-8-17-6-9-18(14-22)19(12-17)15-23/h3-13,22-23H,2,14-15H2,1H3/b10-7+,11-8+. The van der Waals surface area contributed by atoms with E-state index < -0.39 is 10.1 Å². The van der Waals surface area contributed by atoms with Gasteiger partial charge in [0.25, 0.3) is 0 Å². The van der Waals surface area contributed by atoms with Crippen LogP contribution in [0.1, 0.15) is 29.2 Å². The maximum absolute atomic E-state index is 12.0. The second-order valence-corrected chi connectivity index (χ2v) is 7.77. The van der Waals surface area contributed by atoms with Crippen LogP contribution in [0.3, 0.4) is 0 Å². The first-order chi connectivity index (χ1) is 13.4. The van der Waals surface area contributed by atoms with Gasteiger partial charge in [-0.15, -0.1) is 0 Å².